The number of ether oxygens (including phenoxy) is 1. The molecule has 2 aliphatic rings. The zero-order valence-electron chi connectivity index (χ0n) is 13.5. The fraction of sp³-hybridized carbons (Fsp3) is 0.400. The number of nitrogens with one attached hydrogen (secondary N) is 5. The molecule has 1 aromatic rings. The van der Waals surface area contributed by atoms with Gasteiger partial charge in [-0.1, -0.05) is 0 Å². The lowest BCUT2D eigenvalue weighted by Crippen LogP contribution is -2.44. The number of anilines is 2. The van der Waals surface area contributed by atoms with E-state index in [1.807, 2.05) is 0 Å². The van der Waals surface area contributed by atoms with E-state index in [1.165, 1.54) is 11.8 Å². The third-order valence-electron chi connectivity index (χ3n) is 3.88. The van der Waals surface area contributed by atoms with Crippen LogP contribution in [-0.2, 0) is 9.53 Å². The molecule has 0 spiro atoms. The van der Waals surface area contributed by atoms with Crippen LogP contribution in [0.2, 0.25) is 0 Å². The molecule has 0 aliphatic carbocycles. The highest BCUT2D eigenvalue weighted by Gasteiger charge is 2.36. The van der Waals surface area contributed by atoms with Crippen molar-refractivity contribution in [3.8, 4) is 0 Å². The van der Waals surface area contributed by atoms with Gasteiger partial charge in [-0.15, -0.1) is 17.3 Å². The molecule has 2 heterocycles. The quantitative estimate of drug-likeness (QED) is 0.536. The van der Waals surface area contributed by atoms with Crippen molar-refractivity contribution in [1.29, 1.82) is 0 Å². The van der Waals surface area contributed by atoms with Crippen LogP contribution >= 0.6 is 11.8 Å². The number of hydrogen-bond donors (Lipinski definition) is 5. The first-order valence-electron chi connectivity index (χ1n) is 7.89. The molecule has 0 saturated carbocycles. The minimum atomic E-state index is -0.765. The van der Waals surface area contributed by atoms with E-state index >= 15 is 0 Å². The molecule has 0 radical (unpaired) electrons. The van der Waals surface area contributed by atoms with Crippen molar-refractivity contribution in [3.63, 3.8) is 0 Å². The predicted octanol–water partition coefficient (Wildman–Crippen LogP) is 1.03. The van der Waals surface area contributed by atoms with Gasteiger partial charge in [0.15, 0.2) is 0 Å². The van der Waals surface area contributed by atoms with Crippen molar-refractivity contribution in [3.05, 3.63) is 23.8 Å². The van der Waals surface area contributed by atoms with Crippen LogP contribution in [0.15, 0.2) is 18.2 Å². The number of alkyl carbamates (subject to hydrolysis) is 1. The molecule has 0 aromatic heterocycles. The molecule has 2 unspecified atom stereocenters. The maximum atomic E-state index is 12.5. The molecule has 25 heavy (non-hydrogen) atoms. The summed E-state index contributed by atoms with van der Waals surface area (Å²) in [5.74, 6) is -0.456. The molecular weight excluding hydrogens is 346 g/mol. The zero-order chi connectivity index (χ0) is 17.8. The van der Waals surface area contributed by atoms with Crippen molar-refractivity contribution in [2.45, 2.75) is 18.7 Å². The summed E-state index contributed by atoms with van der Waals surface area (Å²) in [6.45, 7) is 1.85. The molecule has 1 saturated heterocycles. The summed E-state index contributed by atoms with van der Waals surface area (Å²) in [7, 11) is 0. The topological polar surface area (TPSA) is 121 Å². The maximum Gasteiger partial charge on any atom is 0.413 e. The molecule has 3 amide bonds. The number of rotatable bonds is 4. The number of amides is 3. The molecule has 2 atom stereocenters. The van der Waals surface area contributed by atoms with Gasteiger partial charge in [-0.3, -0.25) is 14.9 Å². The SMILES string of the molecule is CCOC(=O)NC(=O)C1CCSC1NC(=O)c1ccc2c(c1)NNN2. The van der Waals surface area contributed by atoms with Gasteiger partial charge in [-0.05, 0) is 37.3 Å². The Labute approximate surface area is 148 Å². The normalized spacial score (nSPS) is 20.8. The Morgan fingerprint density at radius 3 is 2.88 bits per heavy atom. The van der Waals surface area contributed by atoms with Crippen molar-refractivity contribution in [2.75, 3.05) is 23.2 Å². The second-order valence-corrected chi connectivity index (χ2v) is 6.75. The standard InChI is InChI=1S/C15H19N5O4S/c1-2-24-15(23)17-13(22)9-5-6-25-14(9)16-12(21)8-3-4-10-11(7-8)19-20-18-10/h3-4,7,9,14,18-20H,2,5-6H2,1H3,(H,16,21)(H,17,22,23). The fourth-order valence-corrected chi connectivity index (χ4v) is 3.96. The molecule has 3 rings (SSSR count). The van der Waals surface area contributed by atoms with Crippen LogP contribution in [0.25, 0.3) is 0 Å². The van der Waals surface area contributed by atoms with Gasteiger partial charge in [0.05, 0.1) is 29.3 Å². The Hall–Kier alpha value is -2.46. The number of carbonyl (C=O) groups excluding carboxylic acids is 3. The van der Waals surface area contributed by atoms with E-state index in [9.17, 15) is 14.4 Å². The zero-order valence-corrected chi connectivity index (χ0v) is 14.4. The van der Waals surface area contributed by atoms with Crippen LogP contribution in [0.1, 0.15) is 23.7 Å². The smallest absolute Gasteiger partial charge is 0.413 e. The Bertz CT molecular complexity index is 698. The van der Waals surface area contributed by atoms with Crippen molar-refractivity contribution in [2.24, 2.45) is 5.92 Å². The summed E-state index contributed by atoms with van der Waals surface area (Å²) >= 11 is 1.48. The maximum absolute atomic E-state index is 12.5. The van der Waals surface area contributed by atoms with E-state index < -0.39 is 17.9 Å². The van der Waals surface area contributed by atoms with Crippen LogP contribution in [-0.4, -0.2) is 35.6 Å². The van der Waals surface area contributed by atoms with Gasteiger partial charge < -0.3 is 20.9 Å². The average Bonchev–Trinajstić information content (AvgIpc) is 3.22. The van der Waals surface area contributed by atoms with Crippen molar-refractivity contribution < 1.29 is 19.1 Å². The van der Waals surface area contributed by atoms with Gasteiger partial charge >= 0.3 is 6.09 Å². The molecule has 10 heteroatoms. The van der Waals surface area contributed by atoms with Gasteiger partial charge in [-0.2, -0.15) is 0 Å². The molecule has 134 valence electrons. The molecule has 5 N–H and O–H groups in total. The number of hydrazine groups is 2. The molecular formula is C15H19N5O4S. The third kappa shape index (κ3) is 3.97. The number of carbonyl (C=O) groups is 3. The highest BCUT2D eigenvalue weighted by molar-refractivity contribution is 8.00. The Morgan fingerprint density at radius 2 is 2.08 bits per heavy atom. The van der Waals surface area contributed by atoms with Gasteiger partial charge in [0, 0.05) is 5.56 Å². The fourth-order valence-electron chi connectivity index (χ4n) is 2.64. The van der Waals surface area contributed by atoms with E-state index in [4.69, 9.17) is 4.74 Å². The molecule has 9 nitrogen and oxygen atoms in total. The Kier molecular flexibility index (Phi) is 5.29. The Morgan fingerprint density at radius 1 is 1.28 bits per heavy atom. The van der Waals surface area contributed by atoms with E-state index in [-0.39, 0.29) is 17.9 Å². The number of hydrogen-bond acceptors (Lipinski definition) is 8. The van der Waals surface area contributed by atoms with Crippen LogP contribution in [0.5, 0.6) is 0 Å². The van der Waals surface area contributed by atoms with Crippen molar-refractivity contribution in [1.82, 2.24) is 16.2 Å². The summed E-state index contributed by atoms with van der Waals surface area (Å²) in [5.41, 5.74) is 10.6. The molecule has 0 bridgehead atoms. The van der Waals surface area contributed by atoms with E-state index in [1.54, 1.807) is 25.1 Å². The van der Waals surface area contributed by atoms with Crippen LogP contribution < -0.4 is 27.0 Å². The average molecular weight is 365 g/mol. The highest BCUT2D eigenvalue weighted by atomic mass is 32.2. The second-order valence-electron chi connectivity index (χ2n) is 5.51. The minimum absolute atomic E-state index is 0.189. The largest absolute Gasteiger partial charge is 0.450 e. The first kappa shape index (κ1) is 17.4. The lowest BCUT2D eigenvalue weighted by molar-refractivity contribution is -0.124. The molecule has 1 aromatic carbocycles. The molecule has 2 aliphatic heterocycles. The van der Waals surface area contributed by atoms with E-state index in [2.05, 4.69) is 27.0 Å². The molecule has 1 fully saturated rings. The van der Waals surface area contributed by atoms with Gasteiger partial charge in [0.25, 0.3) is 5.91 Å². The first-order chi connectivity index (χ1) is 12.1. The lowest BCUT2D eigenvalue weighted by Gasteiger charge is -2.19. The van der Waals surface area contributed by atoms with Gasteiger partial charge in [0.1, 0.15) is 0 Å². The second kappa shape index (κ2) is 7.62. The predicted molar refractivity (Wildman–Crippen MR) is 93.8 cm³/mol. The van der Waals surface area contributed by atoms with Crippen LogP contribution in [0.3, 0.4) is 0 Å². The summed E-state index contributed by atoms with van der Waals surface area (Å²) in [6.07, 6.45) is -0.181. The van der Waals surface area contributed by atoms with E-state index in [0.29, 0.717) is 12.0 Å². The van der Waals surface area contributed by atoms with Crippen LogP contribution in [0.4, 0.5) is 16.2 Å². The summed E-state index contributed by atoms with van der Waals surface area (Å²) < 4.78 is 4.72. The number of fused-ring (bicyclic) bond motifs is 1. The number of imide groups is 1. The highest BCUT2D eigenvalue weighted by Crippen LogP contribution is 2.31. The monoisotopic (exact) mass is 365 g/mol. The number of thioether (sulfide) groups is 1. The lowest BCUT2D eigenvalue weighted by atomic mass is 10.1. The van der Waals surface area contributed by atoms with Gasteiger partial charge in [-0.25, -0.2) is 4.79 Å². The van der Waals surface area contributed by atoms with Gasteiger partial charge in [0.2, 0.25) is 5.91 Å². The van der Waals surface area contributed by atoms with Crippen molar-refractivity contribution >= 4 is 41.0 Å². The first-order valence-corrected chi connectivity index (χ1v) is 8.94. The summed E-state index contributed by atoms with van der Waals surface area (Å²) in [4.78, 5) is 36.1. The Balaban J connectivity index is 1.62. The van der Waals surface area contributed by atoms with E-state index in [0.717, 1.165) is 17.1 Å². The minimum Gasteiger partial charge on any atom is -0.450 e. The third-order valence-corrected chi connectivity index (χ3v) is 5.16. The number of benzene rings is 1. The summed E-state index contributed by atoms with van der Waals surface area (Å²) in [5, 5.41) is 4.68. The van der Waals surface area contributed by atoms with Crippen LogP contribution in [0, 0.1) is 5.92 Å². The summed E-state index contributed by atoms with van der Waals surface area (Å²) in [6, 6.07) is 5.19.